The van der Waals surface area contributed by atoms with Gasteiger partial charge < -0.3 is 14.2 Å². The van der Waals surface area contributed by atoms with Crippen molar-refractivity contribution < 1.29 is 28.6 Å². The third-order valence-corrected chi connectivity index (χ3v) is 16.5. The molecule has 0 aliphatic heterocycles. The Morgan fingerprint density at radius 2 is 0.434 bits per heavy atom. The average Bonchev–Trinajstić information content (AvgIpc) is 3.49. The lowest BCUT2D eigenvalue weighted by atomic mass is 10.0. The van der Waals surface area contributed by atoms with Crippen LogP contribution in [0.25, 0.3) is 0 Å². The topological polar surface area (TPSA) is 78.9 Å². The highest BCUT2D eigenvalue weighted by atomic mass is 16.6. The molecule has 0 aliphatic carbocycles. The van der Waals surface area contributed by atoms with Crippen LogP contribution in [0.1, 0.15) is 393 Å². The summed E-state index contributed by atoms with van der Waals surface area (Å²) in [6.45, 7) is 6.66. The van der Waals surface area contributed by atoms with Gasteiger partial charge in [0.25, 0.3) is 0 Å². The molecule has 484 valence electrons. The van der Waals surface area contributed by atoms with Crippen molar-refractivity contribution in [3.63, 3.8) is 0 Å². The van der Waals surface area contributed by atoms with Crippen molar-refractivity contribution in [3.8, 4) is 0 Å². The number of carbonyl (C=O) groups excluding carboxylic acids is 3. The largest absolute Gasteiger partial charge is 0.462 e. The number of hydrogen-bond donors (Lipinski definition) is 0. The van der Waals surface area contributed by atoms with Crippen LogP contribution >= 0.6 is 0 Å². The molecule has 83 heavy (non-hydrogen) atoms. The number of hydrogen-bond acceptors (Lipinski definition) is 6. The number of ether oxygens (including phenoxy) is 3. The number of rotatable bonds is 68. The first-order chi connectivity index (χ1) is 41.0. The van der Waals surface area contributed by atoms with Gasteiger partial charge in [-0.3, -0.25) is 14.4 Å². The molecule has 0 rings (SSSR count). The Morgan fingerprint density at radius 3 is 0.687 bits per heavy atom. The summed E-state index contributed by atoms with van der Waals surface area (Å²) in [5.41, 5.74) is 0. The maximum atomic E-state index is 13.0. The van der Waals surface area contributed by atoms with E-state index in [-0.39, 0.29) is 31.1 Å². The highest BCUT2D eigenvalue weighted by Crippen LogP contribution is 2.18. The van der Waals surface area contributed by atoms with E-state index in [0.29, 0.717) is 19.3 Å². The molecule has 0 fully saturated rings. The third kappa shape index (κ3) is 69.8. The van der Waals surface area contributed by atoms with Gasteiger partial charge in [0.05, 0.1) is 0 Å². The molecule has 0 aromatic rings. The molecule has 1 unspecified atom stereocenters. The minimum absolute atomic E-state index is 0.0766. The van der Waals surface area contributed by atoms with Crippen LogP contribution in [-0.2, 0) is 28.6 Å². The van der Waals surface area contributed by atoms with Crippen LogP contribution in [0.3, 0.4) is 0 Å². The molecule has 0 amide bonds. The lowest BCUT2D eigenvalue weighted by Gasteiger charge is -2.18. The van der Waals surface area contributed by atoms with Crippen molar-refractivity contribution in [2.24, 2.45) is 0 Å². The molecule has 0 spiro atoms. The normalized spacial score (nSPS) is 12.4. The zero-order chi connectivity index (χ0) is 59.9. The van der Waals surface area contributed by atoms with Gasteiger partial charge in [-0.2, -0.15) is 0 Å². The van der Waals surface area contributed by atoms with E-state index >= 15 is 0 Å². The van der Waals surface area contributed by atoms with Gasteiger partial charge in [0.1, 0.15) is 13.2 Å². The molecule has 1 atom stereocenters. The predicted molar refractivity (Wildman–Crippen MR) is 362 cm³/mol. The van der Waals surface area contributed by atoms with Crippen LogP contribution in [0.15, 0.2) is 60.8 Å². The summed E-state index contributed by atoms with van der Waals surface area (Å²) in [4.78, 5) is 38.5. The molecule has 0 N–H and O–H groups in total. The number of esters is 3. The van der Waals surface area contributed by atoms with Crippen molar-refractivity contribution in [1.29, 1.82) is 0 Å². The quantitative estimate of drug-likeness (QED) is 0.0261. The summed E-state index contributed by atoms with van der Waals surface area (Å²) in [7, 11) is 0. The Morgan fingerprint density at radius 1 is 0.241 bits per heavy atom. The smallest absolute Gasteiger partial charge is 0.306 e. The predicted octanol–water partition coefficient (Wildman–Crippen LogP) is 25.5. The molecule has 6 heteroatoms. The van der Waals surface area contributed by atoms with Gasteiger partial charge in [0, 0.05) is 19.3 Å². The molecule has 0 radical (unpaired) electrons. The summed E-state index contributed by atoms with van der Waals surface area (Å²) in [6.07, 6.45) is 92.6. The fourth-order valence-electron chi connectivity index (χ4n) is 10.9. The minimum Gasteiger partial charge on any atom is -0.462 e. The molecule has 0 bridgehead atoms. The molecule has 0 saturated heterocycles. The number of allylic oxidation sites excluding steroid dienone is 10. The zero-order valence-electron chi connectivity index (χ0n) is 55.7. The van der Waals surface area contributed by atoms with Crippen LogP contribution in [-0.4, -0.2) is 37.2 Å². The second-order valence-electron chi connectivity index (χ2n) is 24.8. The van der Waals surface area contributed by atoms with Crippen LogP contribution in [0.4, 0.5) is 0 Å². The van der Waals surface area contributed by atoms with E-state index < -0.39 is 6.10 Å². The molecule has 0 aromatic carbocycles. The van der Waals surface area contributed by atoms with Gasteiger partial charge >= 0.3 is 17.9 Å². The van der Waals surface area contributed by atoms with Crippen LogP contribution in [0.5, 0.6) is 0 Å². The van der Waals surface area contributed by atoms with Gasteiger partial charge in [-0.15, -0.1) is 0 Å². The second kappa shape index (κ2) is 71.6. The number of unbranched alkanes of at least 4 members (excludes halogenated alkanes) is 47. The molecule has 6 nitrogen and oxygen atoms in total. The van der Waals surface area contributed by atoms with Gasteiger partial charge in [-0.05, 0) is 109 Å². The standard InChI is InChI=1S/C77H140O6/c1-4-7-10-13-16-19-22-25-28-31-33-34-35-36-37-38-39-40-41-42-43-44-45-47-49-52-55-58-61-64-67-70-76(79)82-73-74(72-81-75(78)69-66-63-60-57-54-51-48-30-27-24-21-18-15-12-9-6-3)83-77(80)71-68-65-62-59-56-53-50-46-32-29-26-23-20-17-14-11-8-5-2/h21-22,24-25,29-33,48,74H,4-20,23,26-28,34-47,49-73H2,1-3H3/b24-21-,25-22-,32-29-,33-31-,48-30-. The first kappa shape index (κ1) is 80.1. The van der Waals surface area contributed by atoms with E-state index in [2.05, 4.69) is 81.5 Å². The van der Waals surface area contributed by atoms with Crippen molar-refractivity contribution >= 4 is 17.9 Å². The summed E-state index contributed by atoms with van der Waals surface area (Å²) in [6, 6.07) is 0. The molecular formula is C77H140O6. The first-order valence-corrected chi connectivity index (χ1v) is 36.8. The van der Waals surface area contributed by atoms with Crippen molar-refractivity contribution in [2.75, 3.05) is 13.2 Å². The minimum atomic E-state index is -0.783. The van der Waals surface area contributed by atoms with Gasteiger partial charge in [-0.25, -0.2) is 0 Å². The van der Waals surface area contributed by atoms with Crippen molar-refractivity contribution in [1.82, 2.24) is 0 Å². The van der Waals surface area contributed by atoms with Crippen molar-refractivity contribution in [3.05, 3.63) is 60.8 Å². The van der Waals surface area contributed by atoms with Crippen LogP contribution in [0, 0.1) is 0 Å². The van der Waals surface area contributed by atoms with E-state index in [1.165, 1.54) is 270 Å². The monoisotopic (exact) mass is 1160 g/mol. The maximum Gasteiger partial charge on any atom is 0.306 e. The van der Waals surface area contributed by atoms with E-state index in [0.717, 1.165) is 83.5 Å². The molecule has 0 aliphatic rings. The number of carbonyl (C=O) groups is 3. The highest BCUT2D eigenvalue weighted by Gasteiger charge is 2.19. The second-order valence-corrected chi connectivity index (χ2v) is 24.8. The molecular weight excluding hydrogens is 1020 g/mol. The van der Waals surface area contributed by atoms with E-state index in [9.17, 15) is 14.4 Å². The fraction of sp³-hybridized carbons (Fsp3) is 0.831. The summed E-state index contributed by atoms with van der Waals surface area (Å²) >= 11 is 0. The molecule has 0 heterocycles. The Balaban J connectivity index is 4.22. The fourth-order valence-corrected chi connectivity index (χ4v) is 10.9. The Labute approximate surface area is 517 Å². The van der Waals surface area contributed by atoms with E-state index in [4.69, 9.17) is 14.2 Å². The third-order valence-electron chi connectivity index (χ3n) is 16.5. The van der Waals surface area contributed by atoms with E-state index in [1.807, 2.05) is 0 Å². The van der Waals surface area contributed by atoms with E-state index in [1.54, 1.807) is 0 Å². The van der Waals surface area contributed by atoms with Gasteiger partial charge in [0.2, 0.25) is 0 Å². The lowest BCUT2D eigenvalue weighted by molar-refractivity contribution is -0.167. The molecule has 0 aromatic heterocycles. The highest BCUT2D eigenvalue weighted by molar-refractivity contribution is 5.71. The Hall–Kier alpha value is -2.89. The Kier molecular flexibility index (Phi) is 69.1. The van der Waals surface area contributed by atoms with Crippen LogP contribution in [0.2, 0.25) is 0 Å². The first-order valence-electron chi connectivity index (χ1n) is 36.8. The lowest BCUT2D eigenvalue weighted by Crippen LogP contribution is -2.30. The Bertz CT molecular complexity index is 1470. The SMILES string of the molecule is CCCCCC/C=C\C/C=C\CCCCCCCC(=O)OCC(COC(=O)CCCCCCCCCCCCCCCCCCCCC/C=C\C/C=C\CCCCCCC)OC(=O)CCCCCCCCC/C=C\CCCCCCCCC. The zero-order valence-corrected chi connectivity index (χ0v) is 55.7. The van der Waals surface area contributed by atoms with Gasteiger partial charge in [0.15, 0.2) is 6.10 Å². The summed E-state index contributed by atoms with van der Waals surface area (Å²) < 4.78 is 17.0. The van der Waals surface area contributed by atoms with Crippen molar-refractivity contribution in [2.45, 2.75) is 399 Å². The summed E-state index contributed by atoms with van der Waals surface area (Å²) in [5.74, 6) is -0.871. The molecule has 0 saturated carbocycles. The van der Waals surface area contributed by atoms with Gasteiger partial charge in [-0.1, -0.05) is 326 Å². The summed E-state index contributed by atoms with van der Waals surface area (Å²) in [5, 5.41) is 0. The average molecular weight is 1160 g/mol. The maximum absolute atomic E-state index is 13.0. The van der Waals surface area contributed by atoms with Crippen LogP contribution < -0.4 is 0 Å².